The highest BCUT2D eigenvalue weighted by Gasteiger charge is 2.16. The van der Waals surface area contributed by atoms with Gasteiger partial charge in [-0.3, -0.25) is 9.59 Å². The zero-order valence-electron chi connectivity index (χ0n) is 11.1. The molecular weight excluding hydrogens is 214 g/mol. The molecule has 3 nitrogen and oxygen atoms in total. The molecule has 3 heteroatoms. The fourth-order valence-corrected chi connectivity index (χ4v) is 2.29. The zero-order valence-corrected chi connectivity index (χ0v) is 11.1. The van der Waals surface area contributed by atoms with Gasteiger partial charge in [-0.15, -0.1) is 0 Å². The summed E-state index contributed by atoms with van der Waals surface area (Å²) in [4.78, 5) is 23.1. The predicted octanol–water partition coefficient (Wildman–Crippen LogP) is 2.69. The van der Waals surface area contributed by atoms with Gasteiger partial charge in [0, 0.05) is 12.3 Å². The smallest absolute Gasteiger partial charge is 0.220 e. The molecule has 1 rings (SSSR count). The van der Waals surface area contributed by atoms with E-state index >= 15 is 0 Å². The summed E-state index contributed by atoms with van der Waals surface area (Å²) in [5.74, 6) is 0.699. The van der Waals surface area contributed by atoms with Gasteiger partial charge in [-0.25, -0.2) is 0 Å². The SMILES string of the molecule is CC(C)C(=O)CNC(=O)CC1CCCCCC1. The number of carbonyl (C=O) groups is 2. The Morgan fingerprint density at radius 3 is 2.24 bits per heavy atom. The highest BCUT2D eigenvalue weighted by Crippen LogP contribution is 2.25. The number of hydrogen-bond donors (Lipinski definition) is 1. The molecule has 0 aromatic carbocycles. The predicted molar refractivity (Wildman–Crippen MR) is 68.7 cm³/mol. The van der Waals surface area contributed by atoms with Crippen molar-refractivity contribution in [1.82, 2.24) is 5.32 Å². The third kappa shape index (κ3) is 5.85. The molecule has 98 valence electrons. The largest absolute Gasteiger partial charge is 0.349 e. The molecule has 0 unspecified atom stereocenters. The van der Waals surface area contributed by atoms with Crippen molar-refractivity contribution in [3.05, 3.63) is 0 Å². The van der Waals surface area contributed by atoms with E-state index in [4.69, 9.17) is 0 Å². The van der Waals surface area contributed by atoms with Gasteiger partial charge in [0.25, 0.3) is 0 Å². The van der Waals surface area contributed by atoms with Crippen LogP contribution in [0.5, 0.6) is 0 Å². The molecule has 0 saturated heterocycles. The minimum atomic E-state index is 0.00757. The van der Waals surface area contributed by atoms with E-state index in [1.165, 1.54) is 38.5 Å². The first kappa shape index (κ1) is 14.2. The molecule has 0 atom stereocenters. The van der Waals surface area contributed by atoms with Gasteiger partial charge in [0.15, 0.2) is 5.78 Å². The van der Waals surface area contributed by atoms with Crippen LogP contribution in [0.1, 0.15) is 58.8 Å². The Labute approximate surface area is 104 Å². The Morgan fingerprint density at radius 1 is 1.12 bits per heavy atom. The fraction of sp³-hybridized carbons (Fsp3) is 0.857. The highest BCUT2D eigenvalue weighted by atomic mass is 16.2. The van der Waals surface area contributed by atoms with Gasteiger partial charge >= 0.3 is 0 Å². The first-order valence-electron chi connectivity index (χ1n) is 6.89. The topological polar surface area (TPSA) is 46.2 Å². The lowest BCUT2D eigenvalue weighted by atomic mass is 9.96. The number of Topliss-reactive ketones (excluding diaryl/α,β-unsaturated/α-hetero) is 1. The van der Waals surface area contributed by atoms with Crippen molar-refractivity contribution in [3.8, 4) is 0 Å². The lowest BCUT2D eigenvalue weighted by Gasteiger charge is -2.13. The van der Waals surface area contributed by atoms with Crippen molar-refractivity contribution >= 4 is 11.7 Å². The summed E-state index contributed by atoms with van der Waals surface area (Å²) in [7, 11) is 0. The van der Waals surface area contributed by atoms with Crippen molar-refractivity contribution < 1.29 is 9.59 Å². The van der Waals surface area contributed by atoms with Gasteiger partial charge in [-0.1, -0.05) is 39.5 Å². The quantitative estimate of drug-likeness (QED) is 0.750. The van der Waals surface area contributed by atoms with Gasteiger partial charge < -0.3 is 5.32 Å². The van der Waals surface area contributed by atoms with Crippen LogP contribution in [0.2, 0.25) is 0 Å². The summed E-state index contributed by atoms with van der Waals surface area (Å²) in [6.07, 6.45) is 8.07. The molecule has 0 aromatic rings. The van der Waals surface area contributed by atoms with E-state index in [0.29, 0.717) is 12.3 Å². The average molecular weight is 239 g/mol. The van der Waals surface area contributed by atoms with Crippen molar-refractivity contribution in [2.45, 2.75) is 58.8 Å². The summed E-state index contributed by atoms with van der Waals surface area (Å²) < 4.78 is 0. The molecule has 0 spiro atoms. The summed E-state index contributed by atoms with van der Waals surface area (Å²) in [6.45, 7) is 3.92. The lowest BCUT2D eigenvalue weighted by molar-refractivity contribution is -0.127. The van der Waals surface area contributed by atoms with Crippen LogP contribution in [-0.2, 0) is 9.59 Å². The van der Waals surface area contributed by atoms with Crippen LogP contribution in [0, 0.1) is 11.8 Å². The molecule has 1 aliphatic carbocycles. The van der Waals surface area contributed by atoms with Gasteiger partial charge in [0.1, 0.15) is 0 Å². The van der Waals surface area contributed by atoms with Crippen LogP contribution in [0.15, 0.2) is 0 Å². The molecule has 1 N–H and O–H groups in total. The van der Waals surface area contributed by atoms with Crippen LogP contribution < -0.4 is 5.32 Å². The minimum Gasteiger partial charge on any atom is -0.349 e. The molecule has 17 heavy (non-hydrogen) atoms. The summed E-state index contributed by atoms with van der Waals surface area (Å²) in [5.41, 5.74) is 0. The van der Waals surface area contributed by atoms with Crippen LogP contribution in [0.3, 0.4) is 0 Å². The van der Waals surface area contributed by atoms with E-state index in [0.717, 1.165) is 0 Å². The second-order valence-corrected chi connectivity index (χ2v) is 5.46. The number of hydrogen-bond acceptors (Lipinski definition) is 2. The molecule has 0 aromatic heterocycles. The summed E-state index contributed by atoms with van der Waals surface area (Å²) in [6, 6.07) is 0. The maximum atomic E-state index is 11.7. The van der Waals surface area contributed by atoms with E-state index in [9.17, 15) is 9.59 Å². The molecule has 1 amide bonds. The first-order valence-corrected chi connectivity index (χ1v) is 6.89. The Balaban J connectivity index is 2.21. The third-order valence-corrected chi connectivity index (χ3v) is 3.55. The Hall–Kier alpha value is -0.860. The number of nitrogens with one attached hydrogen (secondary N) is 1. The molecule has 1 aliphatic rings. The van der Waals surface area contributed by atoms with Crippen molar-refractivity contribution in [3.63, 3.8) is 0 Å². The van der Waals surface area contributed by atoms with Crippen LogP contribution in [-0.4, -0.2) is 18.2 Å². The van der Waals surface area contributed by atoms with Gasteiger partial charge in [0.2, 0.25) is 5.91 Å². The Bertz CT molecular complexity index is 253. The maximum Gasteiger partial charge on any atom is 0.220 e. The van der Waals surface area contributed by atoms with Gasteiger partial charge in [-0.2, -0.15) is 0 Å². The lowest BCUT2D eigenvalue weighted by Crippen LogP contribution is -2.32. The van der Waals surface area contributed by atoms with Crippen LogP contribution in [0.4, 0.5) is 0 Å². The van der Waals surface area contributed by atoms with E-state index < -0.39 is 0 Å². The molecule has 0 heterocycles. The summed E-state index contributed by atoms with van der Waals surface area (Å²) in [5, 5.41) is 2.74. The highest BCUT2D eigenvalue weighted by molar-refractivity contribution is 5.87. The van der Waals surface area contributed by atoms with Crippen molar-refractivity contribution in [2.75, 3.05) is 6.54 Å². The second kappa shape index (κ2) is 7.46. The van der Waals surface area contributed by atoms with E-state index in [1.807, 2.05) is 13.8 Å². The van der Waals surface area contributed by atoms with E-state index in [-0.39, 0.29) is 24.2 Å². The van der Waals surface area contributed by atoms with E-state index in [2.05, 4.69) is 5.32 Å². The Morgan fingerprint density at radius 2 is 1.71 bits per heavy atom. The van der Waals surface area contributed by atoms with Crippen LogP contribution >= 0.6 is 0 Å². The molecular formula is C14H25NO2. The number of amides is 1. The number of ketones is 1. The monoisotopic (exact) mass is 239 g/mol. The van der Waals surface area contributed by atoms with Crippen molar-refractivity contribution in [1.29, 1.82) is 0 Å². The standard InChI is InChI=1S/C14H25NO2/c1-11(2)13(16)10-15-14(17)9-12-7-5-3-4-6-8-12/h11-12H,3-10H2,1-2H3,(H,15,17). The molecule has 0 bridgehead atoms. The summed E-state index contributed by atoms with van der Waals surface area (Å²) >= 11 is 0. The number of carbonyl (C=O) groups excluding carboxylic acids is 2. The van der Waals surface area contributed by atoms with Crippen molar-refractivity contribution in [2.24, 2.45) is 11.8 Å². The first-order chi connectivity index (χ1) is 8.09. The molecule has 1 fully saturated rings. The molecule has 0 aliphatic heterocycles. The Kier molecular flexibility index (Phi) is 6.23. The average Bonchev–Trinajstić information content (AvgIpc) is 2.54. The van der Waals surface area contributed by atoms with E-state index in [1.54, 1.807) is 0 Å². The fourth-order valence-electron chi connectivity index (χ4n) is 2.29. The molecule has 0 radical (unpaired) electrons. The maximum absolute atomic E-state index is 11.7. The minimum absolute atomic E-state index is 0.00757. The third-order valence-electron chi connectivity index (χ3n) is 3.55. The zero-order chi connectivity index (χ0) is 12.7. The second-order valence-electron chi connectivity index (χ2n) is 5.46. The molecule has 1 saturated carbocycles. The van der Waals surface area contributed by atoms with Gasteiger partial charge in [0.05, 0.1) is 6.54 Å². The van der Waals surface area contributed by atoms with Gasteiger partial charge in [-0.05, 0) is 18.8 Å². The normalized spacial score (nSPS) is 17.8. The number of rotatable bonds is 5. The van der Waals surface area contributed by atoms with Crippen LogP contribution in [0.25, 0.3) is 0 Å².